The first-order chi connectivity index (χ1) is 14.0. The van der Waals surface area contributed by atoms with Crippen LogP contribution in [0.2, 0.25) is 0 Å². The molecular weight excluding hydrogens is 360 g/mol. The summed E-state index contributed by atoms with van der Waals surface area (Å²) >= 11 is 0. The van der Waals surface area contributed by atoms with E-state index in [4.69, 9.17) is 5.73 Å². The van der Waals surface area contributed by atoms with Crippen LogP contribution in [0.1, 0.15) is 45.2 Å². The maximum absolute atomic E-state index is 9.42. The van der Waals surface area contributed by atoms with E-state index in [0.29, 0.717) is 6.04 Å². The molecule has 0 aliphatic heterocycles. The highest BCUT2D eigenvalue weighted by Gasteiger charge is 2.23. The second kappa shape index (κ2) is 7.76. The summed E-state index contributed by atoms with van der Waals surface area (Å²) in [7, 11) is 0. The van der Waals surface area contributed by atoms with Gasteiger partial charge < -0.3 is 21.4 Å². The number of nitrogens with zero attached hydrogens (tertiary/aromatic N) is 2. The molecule has 0 saturated heterocycles. The number of nitrogens with two attached hydrogens (primary N) is 1. The number of rotatable bonds is 5. The Morgan fingerprint density at radius 1 is 1.21 bits per heavy atom. The number of hydrogen-bond acceptors (Lipinski definition) is 5. The van der Waals surface area contributed by atoms with Crippen molar-refractivity contribution in [2.75, 3.05) is 10.6 Å². The highest BCUT2D eigenvalue weighted by atomic mass is 15.0. The van der Waals surface area contributed by atoms with Crippen LogP contribution in [0.15, 0.2) is 42.6 Å². The van der Waals surface area contributed by atoms with E-state index < -0.39 is 5.41 Å². The summed E-state index contributed by atoms with van der Waals surface area (Å²) in [6, 6.07) is 14.8. The van der Waals surface area contributed by atoms with Crippen LogP contribution in [-0.4, -0.2) is 22.1 Å². The van der Waals surface area contributed by atoms with Crippen molar-refractivity contribution in [3.8, 4) is 6.07 Å². The Kier molecular flexibility index (Phi) is 5.16. The molecule has 2 aromatic heterocycles. The molecule has 2 atom stereocenters. The minimum absolute atomic E-state index is 0.186. The molecule has 2 heterocycles. The molecule has 0 radical (unpaired) electrons. The third-order valence-corrected chi connectivity index (χ3v) is 5.77. The van der Waals surface area contributed by atoms with Gasteiger partial charge >= 0.3 is 0 Å². The zero-order valence-corrected chi connectivity index (χ0v) is 17.0. The number of pyridine rings is 1. The number of H-pyrrole nitrogens is 1. The molecule has 1 saturated carbocycles. The summed E-state index contributed by atoms with van der Waals surface area (Å²) in [5.74, 6) is 0.722. The smallest absolute Gasteiger partial charge is 0.130 e. The third kappa shape index (κ3) is 4.06. The van der Waals surface area contributed by atoms with Gasteiger partial charge in [0.15, 0.2) is 0 Å². The van der Waals surface area contributed by atoms with Crippen LogP contribution < -0.4 is 16.4 Å². The van der Waals surface area contributed by atoms with E-state index >= 15 is 0 Å². The first kappa shape index (κ1) is 19.3. The summed E-state index contributed by atoms with van der Waals surface area (Å²) in [5.41, 5.74) is 9.50. The standard InChI is InChI=1S/C23H28N6/c1-23(2,14-24)21-8-5-9-22(29-21)28-20-13-15(12-19-16(20)10-11-26-19)27-18-7-4-3-6-17(18)25/h5,8-13,17-18,26-27H,3-4,6-7,25H2,1-2H3,(H,28,29)/t17-,18+/m0/s1. The summed E-state index contributed by atoms with van der Waals surface area (Å²) in [4.78, 5) is 7.98. The number of nitrogens with one attached hydrogen (secondary N) is 3. The Morgan fingerprint density at radius 2 is 2.03 bits per heavy atom. The monoisotopic (exact) mass is 388 g/mol. The normalized spacial score (nSPS) is 19.7. The maximum atomic E-state index is 9.42. The van der Waals surface area contributed by atoms with Gasteiger partial charge in [0.2, 0.25) is 0 Å². The van der Waals surface area contributed by atoms with Gasteiger partial charge in [0.05, 0.1) is 22.9 Å². The molecule has 0 amide bonds. The summed E-state index contributed by atoms with van der Waals surface area (Å²) < 4.78 is 0. The van der Waals surface area contributed by atoms with Gasteiger partial charge in [-0.2, -0.15) is 5.26 Å². The second-order valence-electron chi connectivity index (χ2n) is 8.43. The van der Waals surface area contributed by atoms with E-state index in [1.165, 1.54) is 12.8 Å². The predicted octanol–water partition coefficient (Wildman–Crippen LogP) is 4.79. The summed E-state index contributed by atoms with van der Waals surface area (Å²) in [6.45, 7) is 3.75. The Morgan fingerprint density at radius 3 is 2.83 bits per heavy atom. The Bertz CT molecular complexity index is 1040. The molecule has 29 heavy (non-hydrogen) atoms. The van der Waals surface area contributed by atoms with E-state index in [-0.39, 0.29) is 6.04 Å². The highest BCUT2D eigenvalue weighted by molar-refractivity contribution is 5.96. The number of anilines is 3. The van der Waals surface area contributed by atoms with E-state index in [9.17, 15) is 5.26 Å². The zero-order chi connectivity index (χ0) is 20.4. The van der Waals surface area contributed by atoms with Gasteiger partial charge in [0.1, 0.15) is 5.82 Å². The van der Waals surface area contributed by atoms with Crippen LogP contribution >= 0.6 is 0 Å². The average Bonchev–Trinajstić information content (AvgIpc) is 3.19. The van der Waals surface area contributed by atoms with E-state index in [0.717, 1.165) is 46.6 Å². The van der Waals surface area contributed by atoms with Crippen LogP contribution in [0, 0.1) is 11.3 Å². The molecule has 6 nitrogen and oxygen atoms in total. The Balaban J connectivity index is 1.64. The van der Waals surface area contributed by atoms with E-state index in [1.807, 2.05) is 38.2 Å². The summed E-state index contributed by atoms with van der Waals surface area (Å²) in [6.07, 6.45) is 6.53. The maximum Gasteiger partial charge on any atom is 0.130 e. The number of aromatic nitrogens is 2. The SMILES string of the molecule is CC(C)(C#N)c1cccc(Nc2cc(N[C@@H]3CCCC[C@@H]3N)cc3[nH]ccc23)n1. The third-order valence-electron chi connectivity index (χ3n) is 5.77. The lowest BCUT2D eigenvalue weighted by atomic mass is 9.91. The van der Waals surface area contributed by atoms with Crippen LogP contribution in [-0.2, 0) is 5.41 Å². The highest BCUT2D eigenvalue weighted by Crippen LogP contribution is 2.32. The van der Waals surface area contributed by atoms with Gasteiger partial charge in [-0.25, -0.2) is 4.98 Å². The van der Waals surface area contributed by atoms with E-state index in [1.54, 1.807) is 0 Å². The number of aromatic amines is 1. The molecule has 1 aliphatic carbocycles. The van der Waals surface area contributed by atoms with Crippen LogP contribution in [0.5, 0.6) is 0 Å². The van der Waals surface area contributed by atoms with Gasteiger partial charge in [-0.05, 0) is 57.0 Å². The van der Waals surface area contributed by atoms with Gasteiger partial charge in [-0.1, -0.05) is 18.9 Å². The zero-order valence-electron chi connectivity index (χ0n) is 17.0. The largest absolute Gasteiger partial charge is 0.381 e. The average molecular weight is 389 g/mol. The predicted molar refractivity (Wildman–Crippen MR) is 118 cm³/mol. The fraction of sp³-hybridized carbons (Fsp3) is 0.391. The summed E-state index contributed by atoms with van der Waals surface area (Å²) in [5, 5.41) is 17.6. The molecule has 1 fully saturated rings. The fourth-order valence-electron chi connectivity index (χ4n) is 3.95. The molecule has 5 N–H and O–H groups in total. The minimum atomic E-state index is -0.637. The van der Waals surface area contributed by atoms with Crippen molar-refractivity contribution in [3.05, 3.63) is 48.3 Å². The van der Waals surface area contributed by atoms with Crippen molar-refractivity contribution in [2.24, 2.45) is 5.73 Å². The van der Waals surface area contributed by atoms with Crippen LogP contribution in [0.3, 0.4) is 0 Å². The molecule has 4 rings (SSSR count). The van der Waals surface area contributed by atoms with Gasteiger partial charge in [-0.3, -0.25) is 0 Å². The number of nitriles is 1. The Labute approximate surface area is 171 Å². The molecule has 150 valence electrons. The minimum Gasteiger partial charge on any atom is -0.381 e. The number of fused-ring (bicyclic) bond motifs is 1. The lowest BCUT2D eigenvalue weighted by Gasteiger charge is -2.30. The quantitative estimate of drug-likeness (QED) is 0.503. The fourth-order valence-corrected chi connectivity index (χ4v) is 3.95. The van der Waals surface area contributed by atoms with Gasteiger partial charge in [0.25, 0.3) is 0 Å². The second-order valence-corrected chi connectivity index (χ2v) is 8.43. The topological polar surface area (TPSA) is 103 Å². The van der Waals surface area contributed by atoms with Crippen molar-refractivity contribution < 1.29 is 0 Å². The lowest BCUT2D eigenvalue weighted by molar-refractivity contribution is 0.404. The van der Waals surface area contributed by atoms with Crippen molar-refractivity contribution in [2.45, 2.75) is 57.0 Å². The van der Waals surface area contributed by atoms with Crippen molar-refractivity contribution >= 4 is 28.1 Å². The van der Waals surface area contributed by atoms with Crippen LogP contribution in [0.4, 0.5) is 17.2 Å². The van der Waals surface area contributed by atoms with Gasteiger partial charge in [0, 0.05) is 34.9 Å². The molecule has 1 aliphatic rings. The lowest BCUT2D eigenvalue weighted by Crippen LogP contribution is -2.42. The van der Waals surface area contributed by atoms with E-state index in [2.05, 4.69) is 44.9 Å². The van der Waals surface area contributed by atoms with Crippen molar-refractivity contribution in [1.82, 2.24) is 9.97 Å². The molecule has 1 aromatic carbocycles. The van der Waals surface area contributed by atoms with Crippen molar-refractivity contribution in [1.29, 1.82) is 5.26 Å². The molecule has 0 spiro atoms. The molecule has 6 heteroatoms. The van der Waals surface area contributed by atoms with Crippen molar-refractivity contribution in [3.63, 3.8) is 0 Å². The van der Waals surface area contributed by atoms with Gasteiger partial charge in [-0.15, -0.1) is 0 Å². The molecule has 3 aromatic rings. The Hall–Kier alpha value is -3.04. The van der Waals surface area contributed by atoms with Crippen LogP contribution in [0.25, 0.3) is 10.9 Å². The first-order valence-electron chi connectivity index (χ1n) is 10.3. The molecular formula is C23H28N6. The number of benzene rings is 1. The molecule has 0 unspecified atom stereocenters. The first-order valence-corrected chi connectivity index (χ1v) is 10.3. The molecule has 0 bridgehead atoms. The number of hydrogen-bond donors (Lipinski definition) is 4.